The maximum atomic E-state index is 13.6. The molecule has 0 aliphatic rings. The molecule has 2 aromatic carbocycles. The maximum Gasteiger partial charge on any atom is 0.175 e. The van der Waals surface area contributed by atoms with Crippen LogP contribution in [0.3, 0.4) is 0 Å². The van der Waals surface area contributed by atoms with Gasteiger partial charge in [-0.25, -0.2) is 4.39 Å². The zero-order chi connectivity index (χ0) is 20.5. The summed E-state index contributed by atoms with van der Waals surface area (Å²) in [6, 6.07) is 17.7. The van der Waals surface area contributed by atoms with Gasteiger partial charge in [-0.3, -0.25) is 9.38 Å². The fraction of sp³-hybridized carbons (Fsp3) is 0.0870. The molecule has 148 valence electrons. The van der Waals surface area contributed by atoms with Crippen LogP contribution in [0.2, 0.25) is 0 Å². The zero-order valence-corrected chi connectivity index (χ0v) is 16.1. The monoisotopic (exact) mass is 400 g/mol. The average molecular weight is 400 g/mol. The number of nitrogens with zero attached hydrogens (tertiary/aromatic N) is 4. The number of hydrogen-bond acceptors (Lipinski definition) is 5. The van der Waals surface area contributed by atoms with Crippen molar-refractivity contribution in [3.05, 3.63) is 84.7 Å². The Bertz CT molecular complexity index is 1370. The smallest absolute Gasteiger partial charge is 0.175 e. The van der Waals surface area contributed by atoms with Crippen LogP contribution >= 0.6 is 0 Å². The van der Waals surface area contributed by atoms with Gasteiger partial charge >= 0.3 is 0 Å². The number of fused-ring (bicyclic) bond motifs is 2. The summed E-state index contributed by atoms with van der Waals surface area (Å²) in [5.74, 6) is 1.80. The molecule has 0 radical (unpaired) electrons. The van der Waals surface area contributed by atoms with Gasteiger partial charge in [0.05, 0.1) is 12.6 Å². The van der Waals surface area contributed by atoms with Gasteiger partial charge < -0.3 is 9.47 Å². The second-order valence-electron chi connectivity index (χ2n) is 6.75. The van der Waals surface area contributed by atoms with Crippen molar-refractivity contribution < 1.29 is 13.9 Å². The Kier molecular flexibility index (Phi) is 4.48. The third-order valence-corrected chi connectivity index (χ3v) is 4.90. The van der Waals surface area contributed by atoms with Gasteiger partial charge in [-0.05, 0) is 53.6 Å². The van der Waals surface area contributed by atoms with Crippen LogP contribution in [-0.4, -0.2) is 26.7 Å². The molecule has 6 nitrogen and oxygen atoms in total. The van der Waals surface area contributed by atoms with Crippen molar-refractivity contribution in [3.63, 3.8) is 0 Å². The molecule has 3 heterocycles. The van der Waals surface area contributed by atoms with E-state index < -0.39 is 0 Å². The summed E-state index contributed by atoms with van der Waals surface area (Å²) in [7, 11) is 1.62. The van der Waals surface area contributed by atoms with Crippen molar-refractivity contribution in [2.45, 2.75) is 6.61 Å². The quantitative estimate of drug-likeness (QED) is 0.429. The van der Waals surface area contributed by atoms with Crippen molar-refractivity contribution in [3.8, 4) is 22.6 Å². The Morgan fingerprint density at radius 2 is 1.90 bits per heavy atom. The Hall–Kier alpha value is -4.00. The first-order chi connectivity index (χ1) is 14.7. The Labute approximate surface area is 171 Å². The predicted octanol–water partition coefficient (Wildman–Crippen LogP) is 4.67. The van der Waals surface area contributed by atoms with E-state index in [-0.39, 0.29) is 12.4 Å². The number of rotatable bonds is 5. The zero-order valence-electron chi connectivity index (χ0n) is 16.1. The van der Waals surface area contributed by atoms with Crippen molar-refractivity contribution >= 4 is 16.6 Å². The standard InChI is InChI=1S/C23H17FN4O2/c1-29-18-6-7-19-20(12-18)25-10-9-21(19)30-14-23-27-26-22-8-5-16(13-28(22)23)15-3-2-4-17(24)11-15/h2-13H,14H2,1H3. The molecule has 0 spiro atoms. The second-order valence-corrected chi connectivity index (χ2v) is 6.75. The van der Waals surface area contributed by atoms with E-state index in [1.165, 1.54) is 12.1 Å². The van der Waals surface area contributed by atoms with E-state index in [4.69, 9.17) is 9.47 Å². The molecule has 0 unspecified atom stereocenters. The summed E-state index contributed by atoms with van der Waals surface area (Å²) in [5, 5.41) is 9.33. The van der Waals surface area contributed by atoms with E-state index in [0.29, 0.717) is 17.2 Å². The van der Waals surface area contributed by atoms with Crippen LogP contribution in [0.25, 0.3) is 27.7 Å². The topological polar surface area (TPSA) is 61.5 Å². The number of benzene rings is 2. The minimum absolute atomic E-state index is 0.221. The summed E-state index contributed by atoms with van der Waals surface area (Å²) < 4.78 is 26.8. The van der Waals surface area contributed by atoms with E-state index in [2.05, 4.69) is 15.2 Å². The third kappa shape index (κ3) is 3.30. The van der Waals surface area contributed by atoms with E-state index in [0.717, 1.165) is 27.8 Å². The molecular weight excluding hydrogens is 383 g/mol. The van der Waals surface area contributed by atoms with Crippen molar-refractivity contribution in [2.24, 2.45) is 0 Å². The highest BCUT2D eigenvalue weighted by Crippen LogP contribution is 2.28. The van der Waals surface area contributed by atoms with Crippen LogP contribution in [-0.2, 0) is 6.61 Å². The van der Waals surface area contributed by atoms with E-state index in [9.17, 15) is 4.39 Å². The molecule has 7 heteroatoms. The van der Waals surface area contributed by atoms with Crippen LogP contribution in [0, 0.1) is 5.82 Å². The van der Waals surface area contributed by atoms with Crippen LogP contribution in [0.5, 0.6) is 11.5 Å². The Balaban J connectivity index is 1.46. The summed E-state index contributed by atoms with van der Waals surface area (Å²) >= 11 is 0. The number of halogens is 1. The first kappa shape index (κ1) is 18.1. The molecule has 5 rings (SSSR count). The summed E-state index contributed by atoms with van der Waals surface area (Å²) in [6.07, 6.45) is 3.58. The van der Waals surface area contributed by atoms with Gasteiger partial charge in [0.2, 0.25) is 0 Å². The lowest BCUT2D eigenvalue weighted by molar-refractivity contribution is 0.298. The lowest BCUT2D eigenvalue weighted by Gasteiger charge is -2.09. The van der Waals surface area contributed by atoms with Crippen LogP contribution < -0.4 is 9.47 Å². The number of pyridine rings is 2. The van der Waals surface area contributed by atoms with Gasteiger partial charge in [0, 0.05) is 23.8 Å². The molecule has 0 aliphatic heterocycles. The van der Waals surface area contributed by atoms with Crippen LogP contribution in [0.4, 0.5) is 4.39 Å². The highest BCUT2D eigenvalue weighted by molar-refractivity contribution is 5.85. The molecule has 0 aliphatic carbocycles. The third-order valence-electron chi connectivity index (χ3n) is 4.90. The molecule has 0 N–H and O–H groups in total. The molecule has 0 amide bonds. The SMILES string of the molecule is COc1ccc2c(OCc3nnc4ccc(-c5cccc(F)c5)cn34)ccnc2c1. The summed E-state index contributed by atoms with van der Waals surface area (Å²) in [4.78, 5) is 4.37. The van der Waals surface area contributed by atoms with Crippen LogP contribution in [0.1, 0.15) is 5.82 Å². The molecule has 0 atom stereocenters. The summed E-state index contributed by atoms with van der Waals surface area (Å²) in [5.41, 5.74) is 3.13. The lowest BCUT2D eigenvalue weighted by atomic mass is 10.1. The molecule has 0 bridgehead atoms. The van der Waals surface area contributed by atoms with E-state index >= 15 is 0 Å². The van der Waals surface area contributed by atoms with Crippen molar-refractivity contribution in [1.29, 1.82) is 0 Å². The fourth-order valence-corrected chi connectivity index (χ4v) is 3.37. The molecule has 0 fully saturated rings. The minimum atomic E-state index is -0.277. The minimum Gasteiger partial charge on any atom is -0.497 e. The summed E-state index contributed by atoms with van der Waals surface area (Å²) in [6.45, 7) is 0.221. The number of aromatic nitrogens is 4. The molecule has 3 aromatic heterocycles. The highest BCUT2D eigenvalue weighted by Gasteiger charge is 2.10. The number of hydrogen-bond donors (Lipinski definition) is 0. The molecule has 0 saturated heterocycles. The van der Waals surface area contributed by atoms with Gasteiger partial charge in [0.15, 0.2) is 11.5 Å². The Morgan fingerprint density at radius 1 is 0.967 bits per heavy atom. The average Bonchev–Trinajstić information content (AvgIpc) is 3.19. The lowest BCUT2D eigenvalue weighted by Crippen LogP contribution is -2.02. The molecule has 5 aromatic rings. The molecule has 30 heavy (non-hydrogen) atoms. The normalized spacial score (nSPS) is 11.1. The van der Waals surface area contributed by atoms with Gasteiger partial charge in [0.1, 0.15) is 23.9 Å². The van der Waals surface area contributed by atoms with E-state index in [1.54, 1.807) is 19.4 Å². The first-order valence-electron chi connectivity index (χ1n) is 9.36. The van der Waals surface area contributed by atoms with Gasteiger partial charge in [-0.2, -0.15) is 0 Å². The van der Waals surface area contributed by atoms with Crippen molar-refractivity contribution in [1.82, 2.24) is 19.6 Å². The number of ether oxygens (including phenoxy) is 2. The van der Waals surface area contributed by atoms with Crippen molar-refractivity contribution in [2.75, 3.05) is 7.11 Å². The molecule has 0 saturated carbocycles. The Morgan fingerprint density at radius 3 is 2.77 bits per heavy atom. The number of methoxy groups -OCH3 is 1. The second kappa shape index (κ2) is 7.44. The van der Waals surface area contributed by atoms with Gasteiger partial charge in [-0.15, -0.1) is 10.2 Å². The maximum absolute atomic E-state index is 13.6. The molecular formula is C23H17FN4O2. The largest absolute Gasteiger partial charge is 0.497 e. The van der Waals surface area contributed by atoms with Gasteiger partial charge in [-0.1, -0.05) is 12.1 Å². The van der Waals surface area contributed by atoms with E-state index in [1.807, 2.05) is 53.1 Å². The van der Waals surface area contributed by atoms with Gasteiger partial charge in [0.25, 0.3) is 0 Å². The fourth-order valence-electron chi connectivity index (χ4n) is 3.37. The first-order valence-corrected chi connectivity index (χ1v) is 9.36. The highest BCUT2D eigenvalue weighted by atomic mass is 19.1. The van der Waals surface area contributed by atoms with Crippen LogP contribution in [0.15, 0.2) is 73.1 Å². The predicted molar refractivity (Wildman–Crippen MR) is 111 cm³/mol.